The van der Waals surface area contributed by atoms with Crippen LogP contribution in [0.5, 0.6) is 0 Å². The van der Waals surface area contributed by atoms with Crippen LogP contribution in [0.1, 0.15) is 17.0 Å². The highest BCUT2D eigenvalue weighted by Gasteiger charge is 2.15. The fourth-order valence-electron chi connectivity index (χ4n) is 1.91. The molecule has 0 saturated heterocycles. The summed E-state index contributed by atoms with van der Waals surface area (Å²) in [5, 5.41) is 4.10. The zero-order chi connectivity index (χ0) is 15.5. The van der Waals surface area contributed by atoms with Gasteiger partial charge in [0.25, 0.3) is 0 Å². The molecule has 0 amide bonds. The smallest absolute Gasteiger partial charge is 0.240 e. The molecule has 0 unspecified atom stereocenters. The van der Waals surface area contributed by atoms with Crippen LogP contribution in [0.2, 0.25) is 0 Å². The molecule has 0 bridgehead atoms. The molecule has 0 aliphatic rings. The van der Waals surface area contributed by atoms with Crippen molar-refractivity contribution in [3.63, 3.8) is 0 Å². The van der Waals surface area contributed by atoms with Gasteiger partial charge in [0, 0.05) is 26.6 Å². The number of rotatable bonds is 6. The van der Waals surface area contributed by atoms with Crippen LogP contribution in [0.3, 0.4) is 0 Å². The average molecular weight is 309 g/mol. The maximum atomic E-state index is 12.2. The fraction of sp³-hybridized carbons (Fsp3) is 0.385. The second kappa shape index (κ2) is 6.33. The van der Waals surface area contributed by atoms with Crippen LogP contribution < -0.4 is 10.5 Å². The predicted octanol–water partition coefficient (Wildman–Crippen LogP) is 0.103. The van der Waals surface area contributed by atoms with Gasteiger partial charge in [-0.2, -0.15) is 5.10 Å². The minimum absolute atomic E-state index is 0.225. The number of nitrogens with zero attached hydrogens (tertiary/aromatic N) is 3. The first kappa shape index (κ1) is 15.6. The summed E-state index contributed by atoms with van der Waals surface area (Å²) in [6, 6.07) is 4.95. The standard InChI is InChI=1S/C13H19N5O2S/c1-10-3-4-12(7-11(10)8-14)21(19,20)16-6-5-13-15-9-18(2)17-13/h3-4,7,9,16H,5-6,8,14H2,1-2H3. The first-order valence-electron chi connectivity index (χ1n) is 6.56. The number of sulfonamides is 1. The number of nitrogens with one attached hydrogen (secondary N) is 1. The van der Waals surface area contributed by atoms with Crippen molar-refractivity contribution in [1.82, 2.24) is 19.5 Å². The molecule has 0 aliphatic carbocycles. The molecular weight excluding hydrogens is 290 g/mol. The third kappa shape index (κ3) is 3.87. The molecule has 21 heavy (non-hydrogen) atoms. The normalized spacial score (nSPS) is 11.8. The Hall–Kier alpha value is -1.77. The van der Waals surface area contributed by atoms with E-state index >= 15 is 0 Å². The van der Waals surface area contributed by atoms with Crippen LogP contribution in [-0.4, -0.2) is 29.7 Å². The van der Waals surface area contributed by atoms with Crippen LogP contribution in [0, 0.1) is 6.92 Å². The maximum absolute atomic E-state index is 12.2. The van der Waals surface area contributed by atoms with E-state index in [4.69, 9.17) is 5.73 Å². The van der Waals surface area contributed by atoms with Gasteiger partial charge < -0.3 is 5.73 Å². The Balaban J connectivity index is 2.04. The lowest BCUT2D eigenvalue weighted by Gasteiger charge is -2.09. The summed E-state index contributed by atoms with van der Waals surface area (Å²) in [6.45, 7) is 2.46. The molecule has 0 spiro atoms. The third-order valence-corrected chi connectivity index (χ3v) is 4.60. The molecule has 2 rings (SSSR count). The first-order valence-corrected chi connectivity index (χ1v) is 8.04. The molecule has 0 aliphatic heterocycles. The van der Waals surface area contributed by atoms with Gasteiger partial charge in [0.1, 0.15) is 6.33 Å². The van der Waals surface area contributed by atoms with E-state index in [1.807, 2.05) is 6.92 Å². The molecule has 7 nitrogen and oxygen atoms in total. The van der Waals surface area contributed by atoms with E-state index in [1.54, 1.807) is 36.3 Å². The molecule has 0 radical (unpaired) electrons. The van der Waals surface area contributed by atoms with E-state index in [0.717, 1.165) is 11.1 Å². The predicted molar refractivity (Wildman–Crippen MR) is 79.0 cm³/mol. The first-order chi connectivity index (χ1) is 9.92. The molecule has 2 aromatic rings. The van der Waals surface area contributed by atoms with E-state index in [1.165, 1.54) is 0 Å². The number of aromatic nitrogens is 3. The molecule has 0 saturated carbocycles. The average Bonchev–Trinajstić information content (AvgIpc) is 2.84. The van der Waals surface area contributed by atoms with Crippen LogP contribution in [0.4, 0.5) is 0 Å². The number of hydrogen-bond acceptors (Lipinski definition) is 5. The second-order valence-electron chi connectivity index (χ2n) is 4.77. The minimum Gasteiger partial charge on any atom is -0.326 e. The molecule has 114 valence electrons. The van der Waals surface area contributed by atoms with Gasteiger partial charge in [0.15, 0.2) is 5.82 Å². The summed E-state index contributed by atoms with van der Waals surface area (Å²) in [7, 11) is -1.78. The van der Waals surface area contributed by atoms with Gasteiger partial charge in [-0.25, -0.2) is 18.1 Å². The summed E-state index contributed by atoms with van der Waals surface area (Å²) in [5.41, 5.74) is 7.41. The van der Waals surface area contributed by atoms with E-state index in [0.29, 0.717) is 18.8 Å². The largest absolute Gasteiger partial charge is 0.326 e. The van der Waals surface area contributed by atoms with Crippen LogP contribution in [0.25, 0.3) is 0 Å². The van der Waals surface area contributed by atoms with Gasteiger partial charge in [-0.05, 0) is 30.2 Å². The lowest BCUT2D eigenvalue weighted by atomic mass is 10.1. The third-order valence-electron chi connectivity index (χ3n) is 3.14. The Morgan fingerprint density at radius 3 is 2.76 bits per heavy atom. The van der Waals surface area contributed by atoms with Crippen molar-refractivity contribution in [2.45, 2.75) is 24.8 Å². The quantitative estimate of drug-likeness (QED) is 0.788. The van der Waals surface area contributed by atoms with E-state index < -0.39 is 10.0 Å². The summed E-state index contributed by atoms with van der Waals surface area (Å²) < 4.78 is 28.5. The van der Waals surface area contributed by atoms with E-state index in [9.17, 15) is 8.42 Å². The van der Waals surface area contributed by atoms with Gasteiger partial charge in [-0.15, -0.1) is 0 Å². The Bertz CT molecular complexity index is 724. The maximum Gasteiger partial charge on any atom is 0.240 e. The number of benzene rings is 1. The van der Waals surface area contributed by atoms with Gasteiger partial charge >= 0.3 is 0 Å². The monoisotopic (exact) mass is 309 g/mol. The fourth-order valence-corrected chi connectivity index (χ4v) is 3.00. The molecule has 3 N–H and O–H groups in total. The molecule has 8 heteroatoms. The van der Waals surface area contributed by atoms with E-state index in [2.05, 4.69) is 14.8 Å². The summed E-state index contributed by atoms with van der Waals surface area (Å²) in [5.74, 6) is 0.603. The molecule has 1 heterocycles. The van der Waals surface area contributed by atoms with Gasteiger partial charge in [0.05, 0.1) is 4.90 Å². The summed E-state index contributed by atoms with van der Waals surface area (Å²) in [6.07, 6.45) is 2.02. The number of nitrogens with two attached hydrogens (primary N) is 1. The zero-order valence-electron chi connectivity index (χ0n) is 12.1. The Kier molecular flexibility index (Phi) is 4.71. The molecule has 0 atom stereocenters. The van der Waals surface area contributed by atoms with Crippen molar-refractivity contribution in [3.05, 3.63) is 41.5 Å². The molecule has 1 aromatic carbocycles. The summed E-state index contributed by atoms with van der Waals surface area (Å²) >= 11 is 0. The van der Waals surface area contributed by atoms with Crippen molar-refractivity contribution in [2.75, 3.05) is 6.54 Å². The van der Waals surface area contributed by atoms with Gasteiger partial charge in [-0.1, -0.05) is 6.07 Å². The lowest BCUT2D eigenvalue weighted by molar-refractivity contribution is 0.580. The lowest BCUT2D eigenvalue weighted by Crippen LogP contribution is -2.26. The van der Waals surface area contributed by atoms with Gasteiger partial charge in [-0.3, -0.25) is 4.68 Å². The zero-order valence-corrected chi connectivity index (χ0v) is 12.9. The highest BCUT2D eigenvalue weighted by atomic mass is 32.2. The van der Waals surface area contributed by atoms with Crippen molar-refractivity contribution in [1.29, 1.82) is 0 Å². The topological polar surface area (TPSA) is 103 Å². The number of aryl methyl sites for hydroxylation is 2. The molecular formula is C13H19N5O2S. The van der Waals surface area contributed by atoms with Crippen molar-refractivity contribution < 1.29 is 8.42 Å². The minimum atomic E-state index is -3.54. The Morgan fingerprint density at radius 1 is 1.38 bits per heavy atom. The SMILES string of the molecule is Cc1ccc(S(=O)(=O)NCCc2ncn(C)n2)cc1CN. The van der Waals surface area contributed by atoms with Crippen molar-refractivity contribution >= 4 is 10.0 Å². The van der Waals surface area contributed by atoms with Crippen LogP contribution >= 0.6 is 0 Å². The number of hydrogen-bond donors (Lipinski definition) is 2. The highest BCUT2D eigenvalue weighted by Crippen LogP contribution is 2.15. The summed E-state index contributed by atoms with van der Waals surface area (Å²) in [4.78, 5) is 4.27. The van der Waals surface area contributed by atoms with Crippen LogP contribution in [0.15, 0.2) is 29.4 Å². The molecule has 0 fully saturated rings. The molecule has 1 aromatic heterocycles. The Labute approximate surface area is 124 Å². The van der Waals surface area contributed by atoms with E-state index in [-0.39, 0.29) is 11.4 Å². The highest BCUT2D eigenvalue weighted by molar-refractivity contribution is 7.89. The van der Waals surface area contributed by atoms with Crippen molar-refractivity contribution in [3.8, 4) is 0 Å². The van der Waals surface area contributed by atoms with Gasteiger partial charge in [0.2, 0.25) is 10.0 Å². The Morgan fingerprint density at radius 2 is 2.14 bits per heavy atom. The second-order valence-corrected chi connectivity index (χ2v) is 6.54. The van der Waals surface area contributed by atoms with Crippen molar-refractivity contribution in [2.24, 2.45) is 12.8 Å². The van der Waals surface area contributed by atoms with Crippen LogP contribution in [-0.2, 0) is 30.0 Å².